The Morgan fingerprint density at radius 3 is 2.30 bits per heavy atom. The van der Waals surface area contributed by atoms with E-state index in [1.54, 1.807) is 6.08 Å². The standard InChI is InChI=1S/C19H28O4/c1-18(7-4-17(20)21-2)5-3-6-19(23-22-18)15-9-13-8-14(11-15)12-16(19)10-13/h4,7,13-16H,3,5-6,8-12H2,1-2H3/b7-4+. The molecule has 4 aliphatic carbocycles. The molecule has 0 aromatic heterocycles. The van der Waals surface area contributed by atoms with Crippen LogP contribution in [-0.4, -0.2) is 24.3 Å². The van der Waals surface area contributed by atoms with Gasteiger partial charge in [0, 0.05) is 6.08 Å². The number of hydrogen-bond acceptors (Lipinski definition) is 4. The summed E-state index contributed by atoms with van der Waals surface area (Å²) in [5.74, 6) is 2.86. The fourth-order valence-corrected chi connectivity index (χ4v) is 5.92. The molecule has 4 nitrogen and oxygen atoms in total. The molecule has 0 aromatic rings. The van der Waals surface area contributed by atoms with Crippen molar-refractivity contribution in [3.05, 3.63) is 12.2 Å². The Hall–Kier alpha value is -0.870. The summed E-state index contributed by atoms with van der Waals surface area (Å²) in [6.45, 7) is 2.00. The number of methoxy groups -OCH3 is 1. The van der Waals surface area contributed by atoms with E-state index in [0.29, 0.717) is 11.8 Å². The molecule has 0 aromatic carbocycles. The fraction of sp³-hybridized carbons (Fsp3) is 0.842. The zero-order valence-electron chi connectivity index (χ0n) is 14.3. The molecular weight excluding hydrogens is 292 g/mol. The number of hydrogen-bond donors (Lipinski definition) is 0. The maximum Gasteiger partial charge on any atom is 0.330 e. The summed E-state index contributed by atoms with van der Waals surface area (Å²) in [6, 6.07) is 0. The Morgan fingerprint density at radius 1 is 1.04 bits per heavy atom. The third kappa shape index (κ3) is 2.64. The van der Waals surface area contributed by atoms with Crippen LogP contribution in [0.5, 0.6) is 0 Å². The predicted molar refractivity (Wildman–Crippen MR) is 85.4 cm³/mol. The minimum absolute atomic E-state index is 0.0652. The van der Waals surface area contributed by atoms with E-state index in [0.717, 1.165) is 31.1 Å². The van der Waals surface area contributed by atoms with Gasteiger partial charge in [0.15, 0.2) is 0 Å². The summed E-state index contributed by atoms with van der Waals surface area (Å²) in [5, 5.41) is 0. The van der Waals surface area contributed by atoms with Crippen molar-refractivity contribution in [2.24, 2.45) is 23.7 Å². The van der Waals surface area contributed by atoms with Crippen LogP contribution in [0.25, 0.3) is 0 Å². The summed E-state index contributed by atoms with van der Waals surface area (Å²) < 4.78 is 4.68. The van der Waals surface area contributed by atoms with Gasteiger partial charge in [-0.3, -0.25) is 0 Å². The van der Waals surface area contributed by atoms with Crippen molar-refractivity contribution in [1.29, 1.82) is 0 Å². The first-order chi connectivity index (χ1) is 11.0. The van der Waals surface area contributed by atoms with Crippen molar-refractivity contribution in [3.8, 4) is 0 Å². The van der Waals surface area contributed by atoms with Crippen LogP contribution in [0.2, 0.25) is 0 Å². The van der Waals surface area contributed by atoms with Gasteiger partial charge in [-0.15, -0.1) is 0 Å². The molecule has 1 spiro atoms. The Morgan fingerprint density at radius 2 is 1.70 bits per heavy atom. The highest BCUT2D eigenvalue weighted by Gasteiger charge is 2.59. The van der Waals surface area contributed by atoms with Crippen LogP contribution in [0.4, 0.5) is 0 Å². The molecule has 1 unspecified atom stereocenters. The number of esters is 1. The van der Waals surface area contributed by atoms with Gasteiger partial charge < -0.3 is 4.74 Å². The number of rotatable bonds is 2. The second kappa shape index (κ2) is 5.59. The lowest BCUT2D eigenvalue weighted by Gasteiger charge is -2.59. The second-order valence-corrected chi connectivity index (χ2v) is 8.45. The average Bonchev–Trinajstić information content (AvgIpc) is 2.71. The van der Waals surface area contributed by atoms with E-state index in [9.17, 15) is 4.79 Å². The molecule has 1 saturated heterocycles. The summed E-state index contributed by atoms with van der Waals surface area (Å²) in [4.78, 5) is 23.6. The van der Waals surface area contributed by atoms with Gasteiger partial charge in [-0.1, -0.05) is 0 Å². The van der Waals surface area contributed by atoms with E-state index in [-0.39, 0.29) is 11.6 Å². The molecule has 1 heterocycles. The van der Waals surface area contributed by atoms with Crippen molar-refractivity contribution in [3.63, 3.8) is 0 Å². The van der Waals surface area contributed by atoms with E-state index in [4.69, 9.17) is 9.78 Å². The number of carbonyl (C=O) groups excluding carboxylic acids is 1. The van der Waals surface area contributed by atoms with Gasteiger partial charge in [-0.25, -0.2) is 14.6 Å². The number of carbonyl (C=O) groups is 1. The van der Waals surface area contributed by atoms with Crippen molar-refractivity contribution in [2.45, 2.75) is 69.5 Å². The molecule has 23 heavy (non-hydrogen) atoms. The normalized spacial score (nSPS) is 48.8. The van der Waals surface area contributed by atoms with Crippen LogP contribution >= 0.6 is 0 Å². The molecule has 0 amide bonds. The highest BCUT2D eigenvalue weighted by atomic mass is 17.2. The first kappa shape index (κ1) is 15.6. The second-order valence-electron chi connectivity index (χ2n) is 8.45. The smallest absolute Gasteiger partial charge is 0.330 e. The molecule has 4 saturated carbocycles. The first-order valence-electron chi connectivity index (χ1n) is 9.17. The molecule has 5 aliphatic rings. The lowest BCUT2D eigenvalue weighted by molar-refractivity contribution is -0.428. The van der Waals surface area contributed by atoms with Gasteiger partial charge in [-0.05, 0) is 88.0 Å². The molecule has 0 radical (unpaired) electrons. The van der Waals surface area contributed by atoms with Crippen molar-refractivity contribution in [2.75, 3.05) is 7.11 Å². The Labute approximate surface area is 138 Å². The van der Waals surface area contributed by atoms with E-state index in [2.05, 4.69) is 4.74 Å². The molecule has 4 bridgehead atoms. The van der Waals surface area contributed by atoms with Crippen LogP contribution < -0.4 is 0 Å². The zero-order chi connectivity index (χ0) is 16.1. The summed E-state index contributed by atoms with van der Waals surface area (Å²) >= 11 is 0. The van der Waals surface area contributed by atoms with Gasteiger partial charge >= 0.3 is 5.97 Å². The van der Waals surface area contributed by atoms with E-state index < -0.39 is 5.60 Å². The van der Waals surface area contributed by atoms with Crippen LogP contribution in [0.3, 0.4) is 0 Å². The zero-order valence-corrected chi connectivity index (χ0v) is 14.3. The lowest BCUT2D eigenvalue weighted by Crippen LogP contribution is -2.58. The molecule has 5 rings (SSSR count). The van der Waals surface area contributed by atoms with Crippen LogP contribution in [0.1, 0.15) is 58.3 Å². The molecule has 1 aliphatic heterocycles. The number of ether oxygens (including phenoxy) is 1. The van der Waals surface area contributed by atoms with E-state index in [1.807, 2.05) is 6.92 Å². The van der Waals surface area contributed by atoms with Crippen LogP contribution in [0, 0.1) is 23.7 Å². The van der Waals surface area contributed by atoms with E-state index in [1.165, 1.54) is 45.3 Å². The van der Waals surface area contributed by atoms with Gasteiger partial charge in [0.2, 0.25) is 0 Å². The average molecular weight is 320 g/mol. The maximum atomic E-state index is 11.4. The lowest BCUT2D eigenvalue weighted by atomic mass is 9.49. The maximum absolute atomic E-state index is 11.4. The summed E-state index contributed by atoms with van der Waals surface area (Å²) in [6.07, 6.45) is 13.1. The Kier molecular flexibility index (Phi) is 3.80. The Balaban J connectivity index is 1.51. The summed E-state index contributed by atoms with van der Waals surface area (Å²) in [5.41, 5.74) is -0.601. The highest BCUT2D eigenvalue weighted by Crippen LogP contribution is 2.61. The minimum Gasteiger partial charge on any atom is -0.466 e. The molecule has 128 valence electrons. The van der Waals surface area contributed by atoms with Gasteiger partial charge in [0.25, 0.3) is 0 Å². The molecule has 4 heteroatoms. The fourth-order valence-electron chi connectivity index (χ4n) is 5.92. The molecular formula is C19H28O4. The van der Waals surface area contributed by atoms with Crippen molar-refractivity contribution >= 4 is 5.97 Å². The SMILES string of the molecule is COC(=O)/C=C/C1(C)CCCC2(OO1)C1CC3CC(C1)CC2C3. The van der Waals surface area contributed by atoms with Gasteiger partial charge in [0.1, 0.15) is 11.2 Å². The van der Waals surface area contributed by atoms with Crippen molar-refractivity contribution in [1.82, 2.24) is 0 Å². The van der Waals surface area contributed by atoms with E-state index >= 15 is 0 Å². The minimum atomic E-state index is -0.535. The van der Waals surface area contributed by atoms with Crippen molar-refractivity contribution < 1.29 is 19.3 Å². The highest BCUT2D eigenvalue weighted by molar-refractivity contribution is 5.81. The topological polar surface area (TPSA) is 44.8 Å². The van der Waals surface area contributed by atoms with Crippen LogP contribution in [0.15, 0.2) is 12.2 Å². The quantitative estimate of drug-likeness (QED) is 0.441. The largest absolute Gasteiger partial charge is 0.466 e. The molecule has 1 atom stereocenters. The third-order valence-electron chi connectivity index (χ3n) is 6.92. The van der Waals surface area contributed by atoms with Gasteiger partial charge in [-0.2, -0.15) is 0 Å². The third-order valence-corrected chi connectivity index (χ3v) is 6.92. The van der Waals surface area contributed by atoms with Crippen LogP contribution in [-0.2, 0) is 19.3 Å². The summed E-state index contributed by atoms with van der Waals surface area (Å²) in [7, 11) is 1.39. The first-order valence-corrected chi connectivity index (χ1v) is 9.17. The van der Waals surface area contributed by atoms with Gasteiger partial charge in [0.05, 0.1) is 7.11 Å². The monoisotopic (exact) mass is 320 g/mol. The predicted octanol–water partition coefficient (Wildman–Crippen LogP) is 3.80. The molecule has 5 fully saturated rings. The molecule has 0 N–H and O–H groups in total. The Bertz CT molecular complexity index is 483.